The Balaban J connectivity index is 2.04. The molecule has 1 heterocycles. The molecule has 0 saturated heterocycles. The van der Waals surface area contributed by atoms with Gasteiger partial charge in [0.05, 0.1) is 32.9 Å². The first kappa shape index (κ1) is 23.4. The van der Waals surface area contributed by atoms with Crippen LogP contribution in [0.15, 0.2) is 52.1 Å². The molecule has 9 nitrogen and oxygen atoms in total. The van der Waals surface area contributed by atoms with Crippen LogP contribution >= 0.6 is 11.6 Å². The molecule has 0 aliphatic carbocycles. The molecule has 0 bridgehead atoms. The number of ether oxygens (including phenoxy) is 2. The number of aliphatic hydroxyl groups excluding tert-OH is 1. The molecular weight excluding hydrogens is 436 g/mol. The fourth-order valence-electron chi connectivity index (χ4n) is 3.06. The van der Waals surface area contributed by atoms with Crippen molar-refractivity contribution in [1.29, 1.82) is 0 Å². The lowest BCUT2D eigenvalue weighted by Gasteiger charge is -2.17. The second kappa shape index (κ2) is 10.3. The highest BCUT2D eigenvalue weighted by molar-refractivity contribution is 6.30. The van der Waals surface area contributed by atoms with Crippen LogP contribution in [-0.4, -0.2) is 39.0 Å². The highest BCUT2D eigenvalue weighted by Gasteiger charge is 2.15. The van der Waals surface area contributed by atoms with Gasteiger partial charge in [0.2, 0.25) is 5.95 Å². The van der Waals surface area contributed by atoms with Crippen LogP contribution in [0.2, 0.25) is 5.02 Å². The monoisotopic (exact) mass is 460 g/mol. The van der Waals surface area contributed by atoms with Gasteiger partial charge in [0.25, 0.3) is 0 Å². The highest BCUT2D eigenvalue weighted by Crippen LogP contribution is 2.31. The first-order valence-electron chi connectivity index (χ1n) is 10.0. The second-order valence-corrected chi connectivity index (χ2v) is 7.68. The van der Waals surface area contributed by atoms with E-state index < -0.39 is 11.4 Å². The number of aromatic nitrogens is 3. The topological polar surface area (TPSA) is 108 Å². The highest BCUT2D eigenvalue weighted by atomic mass is 35.5. The number of hydrogen-bond acceptors (Lipinski definition) is 7. The fraction of sp³-hybridized carbons (Fsp3) is 0.318. The van der Waals surface area contributed by atoms with Crippen LogP contribution in [0.4, 0.5) is 11.6 Å². The van der Waals surface area contributed by atoms with Gasteiger partial charge in [-0.25, -0.2) is 14.2 Å². The van der Waals surface area contributed by atoms with Crippen LogP contribution in [-0.2, 0) is 13.1 Å². The van der Waals surface area contributed by atoms with E-state index in [1.165, 1.54) is 11.7 Å². The van der Waals surface area contributed by atoms with Crippen molar-refractivity contribution in [1.82, 2.24) is 14.1 Å². The summed E-state index contributed by atoms with van der Waals surface area (Å²) in [5.41, 5.74) is -0.0170. The average molecular weight is 461 g/mol. The molecular formula is C22H25ClN4O5. The first-order chi connectivity index (χ1) is 15.3. The van der Waals surface area contributed by atoms with Crippen LogP contribution < -0.4 is 26.2 Å². The summed E-state index contributed by atoms with van der Waals surface area (Å²) < 4.78 is 13.3. The molecule has 3 rings (SSSR count). The molecule has 2 N–H and O–H groups in total. The Kier molecular flexibility index (Phi) is 7.55. The molecule has 0 aliphatic heterocycles. The molecule has 2 aromatic carbocycles. The molecule has 0 saturated carbocycles. The van der Waals surface area contributed by atoms with Crippen LogP contribution in [0.1, 0.15) is 19.4 Å². The van der Waals surface area contributed by atoms with Crippen molar-refractivity contribution >= 4 is 23.2 Å². The minimum Gasteiger partial charge on any atom is -0.493 e. The van der Waals surface area contributed by atoms with Gasteiger partial charge in [-0.1, -0.05) is 23.7 Å². The molecule has 0 amide bonds. The summed E-state index contributed by atoms with van der Waals surface area (Å²) in [6, 6.07) is 12.1. The van der Waals surface area contributed by atoms with E-state index >= 15 is 0 Å². The quantitative estimate of drug-likeness (QED) is 0.505. The van der Waals surface area contributed by atoms with E-state index in [1.54, 1.807) is 42.5 Å². The van der Waals surface area contributed by atoms with Gasteiger partial charge >= 0.3 is 11.4 Å². The van der Waals surface area contributed by atoms with E-state index in [2.05, 4.69) is 10.3 Å². The zero-order chi connectivity index (χ0) is 23.3. The number of methoxy groups -OCH3 is 1. The number of anilines is 2. The summed E-state index contributed by atoms with van der Waals surface area (Å²) in [5.74, 6) is 1.12. The number of aliphatic hydroxyl groups is 1. The number of halogens is 1. The molecule has 170 valence electrons. The molecule has 3 aromatic rings. The summed E-state index contributed by atoms with van der Waals surface area (Å²) in [6.45, 7) is 3.45. The maximum Gasteiger partial charge on any atom is 0.355 e. The Morgan fingerprint density at radius 3 is 2.44 bits per heavy atom. The number of benzene rings is 2. The largest absolute Gasteiger partial charge is 0.493 e. The van der Waals surface area contributed by atoms with E-state index in [0.717, 1.165) is 10.1 Å². The van der Waals surface area contributed by atoms with E-state index in [-0.39, 0.29) is 31.7 Å². The van der Waals surface area contributed by atoms with Crippen molar-refractivity contribution in [3.8, 4) is 11.5 Å². The summed E-state index contributed by atoms with van der Waals surface area (Å²) in [5, 5.41) is 12.8. The zero-order valence-corrected chi connectivity index (χ0v) is 18.8. The van der Waals surface area contributed by atoms with Crippen LogP contribution in [0.3, 0.4) is 0 Å². The Morgan fingerprint density at radius 1 is 1.09 bits per heavy atom. The SMILES string of the molecule is COc1cc(Nc2nc(=O)n(CCO)c(=O)n2Cc2ccc(Cl)cc2)ccc1OC(C)C. The predicted molar refractivity (Wildman–Crippen MR) is 122 cm³/mol. The van der Waals surface area contributed by atoms with Crippen molar-refractivity contribution in [3.05, 3.63) is 74.0 Å². The van der Waals surface area contributed by atoms with Crippen molar-refractivity contribution in [2.45, 2.75) is 33.0 Å². The van der Waals surface area contributed by atoms with Crippen LogP contribution in [0.5, 0.6) is 11.5 Å². The second-order valence-electron chi connectivity index (χ2n) is 7.25. The molecule has 0 fully saturated rings. The summed E-state index contributed by atoms with van der Waals surface area (Å²) in [4.78, 5) is 29.5. The van der Waals surface area contributed by atoms with Gasteiger partial charge in [0, 0.05) is 16.8 Å². The molecule has 0 unspecified atom stereocenters. The summed E-state index contributed by atoms with van der Waals surface area (Å²) in [6.07, 6.45) is -0.0342. The van der Waals surface area contributed by atoms with Crippen LogP contribution in [0, 0.1) is 0 Å². The van der Waals surface area contributed by atoms with E-state index in [0.29, 0.717) is 22.2 Å². The van der Waals surface area contributed by atoms with Crippen molar-refractivity contribution in [2.24, 2.45) is 0 Å². The van der Waals surface area contributed by atoms with E-state index in [9.17, 15) is 14.7 Å². The minimum atomic E-state index is -0.759. The number of hydrogen-bond donors (Lipinski definition) is 2. The Labute approximate surface area is 189 Å². The maximum atomic E-state index is 13.0. The van der Waals surface area contributed by atoms with Crippen molar-refractivity contribution < 1.29 is 14.6 Å². The normalized spacial score (nSPS) is 10.9. The molecule has 10 heteroatoms. The third kappa shape index (κ3) is 5.49. The molecule has 0 aliphatic rings. The smallest absolute Gasteiger partial charge is 0.355 e. The van der Waals surface area contributed by atoms with Gasteiger partial charge in [-0.05, 0) is 43.7 Å². The lowest BCUT2D eigenvalue weighted by Crippen LogP contribution is -2.43. The first-order valence-corrected chi connectivity index (χ1v) is 10.4. The number of nitrogens with one attached hydrogen (secondary N) is 1. The summed E-state index contributed by atoms with van der Waals surface area (Å²) >= 11 is 5.96. The van der Waals surface area contributed by atoms with Gasteiger partial charge in [0.1, 0.15) is 0 Å². The maximum absolute atomic E-state index is 13.0. The molecule has 0 atom stereocenters. The Bertz CT molecular complexity index is 1190. The fourth-order valence-corrected chi connectivity index (χ4v) is 3.18. The third-order valence-corrected chi connectivity index (χ3v) is 4.76. The third-order valence-electron chi connectivity index (χ3n) is 4.51. The van der Waals surface area contributed by atoms with E-state index in [4.69, 9.17) is 21.1 Å². The van der Waals surface area contributed by atoms with Gasteiger partial charge in [-0.15, -0.1) is 0 Å². The molecule has 32 heavy (non-hydrogen) atoms. The van der Waals surface area contributed by atoms with Gasteiger partial charge in [-0.2, -0.15) is 4.98 Å². The Hall–Kier alpha value is -3.30. The van der Waals surface area contributed by atoms with Crippen molar-refractivity contribution in [2.75, 3.05) is 19.0 Å². The van der Waals surface area contributed by atoms with Gasteiger partial charge in [0.15, 0.2) is 11.5 Å². The van der Waals surface area contributed by atoms with Gasteiger partial charge < -0.3 is 19.9 Å². The number of nitrogens with zero attached hydrogens (tertiary/aromatic N) is 3. The number of rotatable bonds is 9. The van der Waals surface area contributed by atoms with E-state index in [1.807, 2.05) is 13.8 Å². The minimum absolute atomic E-state index is 0.0342. The Morgan fingerprint density at radius 2 is 1.81 bits per heavy atom. The zero-order valence-electron chi connectivity index (χ0n) is 18.0. The van der Waals surface area contributed by atoms with Crippen molar-refractivity contribution in [3.63, 3.8) is 0 Å². The molecule has 1 aromatic heterocycles. The summed E-state index contributed by atoms with van der Waals surface area (Å²) in [7, 11) is 1.52. The lowest BCUT2D eigenvalue weighted by molar-refractivity contribution is 0.230. The predicted octanol–water partition coefficient (Wildman–Crippen LogP) is 2.64. The molecule has 0 spiro atoms. The van der Waals surface area contributed by atoms with Crippen LogP contribution in [0.25, 0.3) is 0 Å². The lowest BCUT2D eigenvalue weighted by atomic mass is 10.2. The average Bonchev–Trinajstić information content (AvgIpc) is 2.76. The van der Waals surface area contributed by atoms with Gasteiger partial charge in [-0.3, -0.25) is 4.57 Å². The standard InChI is InChI=1S/C22H25ClN4O5/c1-14(2)32-18-9-8-17(12-19(18)31-3)24-20-25-21(29)26(10-11-28)22(30)27(20)13-15-4-6-16(23)7-5-15/h4-9,12,14,28H,10-11,13H2,1-3H3,(H,24,25,29). The molecule has 0 radical (unpaired) electrons.